The number of nitrogens with zero attached hydrogens (tertiary/aromatic N) is 2. The van der Waals surface area contributed by atoms with Crippen LogP contribution >= 0.6 is 45.2 Å². The fraction of sp³-hybridized carbons (Fsp3) is 0.273. The zero-order valence-electron chi connectivity index (χ0n) is 18.9. The van der Waals surface area contributed by atoms with Gasteiger partial charge in [0.15, 0.2) is 0 Å². The van der Waals surface area contributed by atoms with Gasteiger partial charge in [-0.3, -0.25) is 19.2 Å². The van der Waals surface area contributed by atoms with E-state index in [1.165, 1.54) is 48.5 Å². The average Bonchev–Trinajstić information content (AvgIpc) is 3.23. The Balaban J connectivity index is 1.34. The second-order valence-electron chi connectivity index (χ2n) is 8.80. The van der Waals surface area contributed by atoms with Crippen molar-refractivity contribution in [3.63, 3.8) is 0 Å². The van der Waals surface area contributed by atoms with E-state index in [0.717, 1.165) is 7.14 Å². The molecule has 5 rings (SSSR count). The summed E-state index contributed by atoms with van der Waals surface area (Å²) in [5.74, 6) is -8.34. The van der Waals surface area contributed by atoms with E-state index < -0.39 is 67.5 Å². The first-order chi connectivity index (χ1) is 17.8. The lowest BCUT2D eigenvalue weighted by Crippen LogP contribution is -2.35. The molecule has 12 nitrogen and oxygen atoms in total. The first-order valence-corrected chi connectivity index (χ1v) is 15.9. The van der Waals surface area contributed by atoms with Gasteiger partial charge in [0, 0.05) is 7.14 Å². The number of fused-ring (bicyclic) bond motifs is 2. The van der Waals surface area contributed by atoms with Gasteiger partial charge in [0.2, 0.25) is 0 Å². The van der Waals surface area contributed by atoms with Crippen molar-refractivity contribution < 1.29 is 44.6 Å². The molecule has 1 aliphatic carbocycles. The number of hydrogen-bond donors (Lipinski definition) is 0. The lowest BCUT2D eigenvalue weighted by Gasteiger charge is -2.27. The number of rotatable bonds is 6. The monoisotopic (exact) mass is 786 g/mol. The minimum Gasteiger partial charge on any atom is -0.272 e. The van der Waals surface area contributed by atoms with Crippen LogP contribution in [0.2, 0.25) is 0 Å². The molecule has 2 aromatic rings. The van der Waals surface area contributed by atoms with Gasteiger partial charge in [0.25, 0.3) is 23.6 Å². The minimum absolute atomic E-state index is 0.175. The molecule has 16 heteroatoms. The van der Waals surface area contributed by atoms with Crippen LogP contribution < -0.4 is 0 Å². The van der Waals surface area contributed by atoms with Crippen LogP contribution in [-0.2, 0) is 48.0 Å². The summed E-state index contributed by atoms with van der Waals surface area (Å²) in [5, 5.41) is 0.349. The van der Waals surface area contributed by atoms with Crippen LogP contribution in [0.15, 0.2) is 58.3 Å². The Labute approximate surface area is 244 Å². The summed E-state index contributed by atoms with van der Waals surface area (Å²) in [4.78, 5) is 51.4. The van der Waals surface area contributed by atoms with E-state index >= 15 is 0 Å². The summed E-state index contributed by atoms with van der Waals surface area (Å²) in [6, 6.07) is 11.1. The van der Waals surface area contributed by atoms with Crippen molar-refractivity contribution in [1.29, 1.82) is 0 Å². The van der Waals surface area contributed by atoms with Crippen LogP contribution in [0.5, 0.6) is 0 Å². The van der Waals surface area contributed by atoms with Crippen LogP contribution in [0.1, 0.15) is 12.8 Å². The third-order valence-corrected chi connectivity index (χ3v) is 10.4. The standard InChI is InChI=1S/C22H16I2N2O10S2/c23-11-1-5-13(6-2-11)37(31,32)35-25-19(27)15-9-17-18(10-16(15)20(25)28)22(30)26(21(17)29)36-38(33,34)14-7-3-12(24)4-8-14/h1-8,15-18H,9-10H2. The number of amides is 4. The van der Waals surface area contributed by atoms with E-state index in [2.05, 4.69) is 0 Å². The fourth-order valence-electron chi connectivity index (χ4n) is 4.75. The topological polar surface area (TPSA) is 161 Å². The highest BCUT2D eigenvalue weighted by molar-refractivity contribution is 14.1. The minimum atomic E-state index is -4.52. The van der Waals surface area contributed by atoms with Crippen LogP contribution in [-0.4, -0.2) is 50.6 Å². The van der Waals surface area contributed by atoms with Crippen molar-refractivity contribution in [3.8, 4) is 0 Å². The molecule has 1 saturated carbocycles. The van der Waals surface area contributed by atoms with Crippen LogP contribution in [0.25, 0.3) is 0 Å². The normalized spacial score (nSPS) is 25.6. The number of hydroxylamine groups is 4. The Morgan fingerprint density at radius 3 is 1.08 bits per heavy atom. The Bertz CT molecular complexity index is 1420. The van der Waals surface area contributed by atoms with Gasteiger partial charge in [-0.05, 0) is 107 Å². The predicted molar refractivity (Wildman–Crippen MR) is 142 cm³/mol. The Morgan fingerprint density at radius 2 is 0.816 bits per heavy atom. The fourth-order valence-corrected chi connectivity index (χ4v) is 7.26. The Morgan fingerprint density at radius 1 is 0.553 bits per heavy atom. The maximum absolute atomic E-state index is 13.0. The van der Waals surface area contributed by atoms with E-state index in [1.54, 1.807) is 0 Å². The van der Waals surface area contributed by atoms with E-state index in [0.29, 0.717) is 0 Å². The molecule has 4 unspecified atom stereocenters. The number of benzene rings is 2. The predicted octanol–water partition coefficient (Wildman–Crippen LogP) is 1.83. The van der Waals surface area contributed by atoms with Crippen molar-refractivity contribution >= 4 is 89.0 Å². The van der Waals surface area contributed by atoms with Crippen LogP contribution in [0.4, 0.5) is 0 Å². The molecule has 0 N–H and O–H groups in total. The highest BCUT2D eigenvalue weighted by Crippen LogP contribution is 2.48. The molecule has 38 heavy (non-hydrogen) atoms. The first kappa shape index (κ1) is 27.6. The summed E-state index contributed by atoms with van der Waals surface area (Å²) < 4.78 is 61.9. The molecule has 200 valence electrons. The number of imide groups is 2. The molecule has 0 radical (unpaired) electrons. The molecule has 2 heterocycles. The van der Waals surface area contributed by atoms with Crippen molar-refractivity contribution in [2.24, 2.45) is 23.7 Å². The molecule has 0 spiro atoms. The van der Waals surface area contributed by atoms with Gasteiger partial charge >= 0.3 is 20.2 Å². The van der Waals surface area contributed by atoms with Crippen LogP contribution in [0.3, 0.4) is 0 Å². The van der Waals surface area contributed by atoms with Gasteiger partial charge in [0.05, 0.1) is 33.5 Å². The van der Waals surface area contributed by atoms with E-state index in [-0.39, 0.29) is 32.8 Å². The molecule has 4 amide bonds. The van der Waals surface area contributed by atoms with Crippen LogP contribution in [0, 0.1) is 30.8 Å². The lowest BCUT2D eigenvalue weighted by molar-refractivity contribution is -0.166. The van der Waals surface area contributed by atoms with Crippen molar-refractivity contribution in [2.45, 2.75) is 22.6 Å². The maximum Gasteiger partial charge on any atom is 0.318 e. The lowest BCUT2D eigenvalue weighted by atomic mass is 9.70. The number of carbonyl (C=O) groups is 4. The quantitative estimate of drug-likeness (QED) is 0.312. The van der Waals surface area contributed by atoms with Gasteiger partial charge in [0.1, 0.15) is 0 Å². The second kappa shape index (κ2) is 9.88. The van der Waals surface area contributed by atoms with Gasteiger partial charge in [-0.25, -0.2) is 0 Å². The molecular weight excluding hydrogens is 770 g/mol. The average molecular weight is 786 g/mol. The first-order valence-electron chi connectivity index (χ1n) is 11.0. The van der Waals surface area contributed by atoms with Gasteiger partial charge in [-0.2, -0.15) is 16.8 Å². The zero-order valence-corrected chi connectivity index (χ0v) is 24.8. The largest absolute Gasteiger partial charge is 0.318 e. The van der Waals surface area contributed by atoms with Crippen molar-refractivity contribution in [3.05, 3.63) is 55.7 Å². The Hall–Kier alpha value is -2.00. The molecule has 0 aromatic heterocycles. The maximum atomic E-state index is 13.0. The smallest absolute Gasteiger partial charge is 0.272 e. The summed E-state index contributed by atoms with van der Waals surface area (Å²) >= 11 is 3.95. The number of hydrogen-bond acceptors (Lipinski definition) is 10. The van der Waals surface area contributed by atoms with E-state index in [4.69, 9.17) is 8.57 Å². The highest BCUT2D eigenvalue weighted by Gasteiger charge is 2.61. The highest BCUT2D eigenvalue weighted by atomic mass is 127. The van der Waals surface area contributed by atoms with Gasteiger partial charge < -0.3 is 0 Å². The molecule has 2 saturated heterocycles. The molecule has 3 fully saturated rings. The molecule has 4 atom stereocenters. The summed E-state index contributed by atoms with van der Waals surface area (Å²) in [5.41, 5.74) is 0. The molecule has 2 aromatic carbocycles. The number of halogens is 2. The number of carbonyl (C=O) groups excluding carboxylic acids is 4. The summed E-state index contributed by atoms with van der Waals surface area (Å²) in [6.45, 7) is 0. The van der Waals surface area contributed by atoms with Crippen molar-refractivity contribution in [1.82, 2.24) is 10.1 Å². The molecule has 3 aliphatic rings. The summed E-state index contributed by atoms with van der Waals surface area (Å²) in [6.07, 6.45) is -0.561. The molecule has 2 aliphatic heterocycles. The molecule has 0 bridgehead atoms. The third-order valence-electron chi connectivity index (χ3n) is 6.61. The zero-order chi connectivity index (χ0) is 27.6. The van der Waals surface area contributed by atoms with Crippen molar-refractivity contribution in [2.75, 3.05) is 0 Å². The van der Waals surface area contributed by atoms with Gasteiger partial charge in [-0.1, -0.05) is 0 Å². The van der Waals surface area contributed by atoms with E-state index in [9.17, 15) is 36.0 Å². The SMILES string of the molecule is O=C1C2CC3C(=O)N(OS(=O)(=O)c4ccc(I)cc4)C(=O)C3CC2C(=O)N1OS(=O)(=O)c1ccc(I)cc1. The van der Waals surface area contributed by atoms with Gasteiger partial charge in [-0.15, -0.1) is 18.7 Å². The molecular formula is C22H16I2N2O10S2. The third kappa shape index (κ3) is 4.78. The Kier molecular flexibility index (Phi) is 7.16. The van der Waals surface area contributed by atoms with E-state index in [1.807, 2.05) is 45.2 Å². The summed E-state index contributed by atoms with van der Waals surface area (Å²) in [7, 11) is -9.03. The second-order valence-corrected chi connectivity index (χ2v) is 14.4.